The molecule has 2 N–H and O–H groups in total. The van der Waals surface area contributed by atoms with E-state index in [1.165, 1.54) is 11.3 Å². The Morgan fingerprint density at radius 3 is 2.75 bits per heavy atom. The molecule has 0 bridgehead atoms. The van der Waals surface area contributed by atoms with Crippen LogP contribution in [0.1, 0.15) is 25.7 Å². The normalized spacial score (nSPS) is 16.1. The molecule has 0 atom stereocenters. The molecule has 1 fully saturated rings. The van der Waals surface area contributed by atoms with E-state index < -0.39 is 5.97 Å². The number of rotatable bonds is 4. The standard InChI is InChI=1S/C12H16BrN3O3S/c13-9-7-14-11(20-9)15-12(19)16-5-3-8(4-6-16)1-2-10(17)18/h7-8H,1-6H2,(H,17,18)(H,14,15,19). The van der Waals surface area contributed by atoms with E-state index in [2.05, 4.69) is 26.2 Å². The van der Waals surface area contributed by atoms with Crippen LogP contribution < -0.4 is 5.32 Å². The first kappa shape index (κ1) is 15.2. The molecule has 1 aliphatic heterocycles. The van der Waals surface area contributed by atoms with E-state index in [-0.39, 0.29) is 12.5 Å². The number of carboxylic acid groups (broad SMARTS) is 1. The molecule has 1 aliphatic rings. The number of piperidine rings is 1. The molecule has 0 aliphatic carbocycles. The predicted octanol–water partition coefficient (Wildman–Crippen LogP) is 3.01. The number of hydrogen-bond donors (Lipinski definition) is 2. The predicted molar refractivity (Wildman–Crippen MR) is 80.0 cm³/mol. The second-order valence-electron chi connectivity index (χ2n) is 4.76. The molecule has 20 heavy (non-hydrogen) atoms. The minimum atomic E-state index is -0.750. The van der Waals surface area contributed by atoms with Gasteiger partial charge < -0.3 is 10.0 Å². The summed E-state index contributed by atoms with van der Waals surface area (Å²) in [5.74, 6) is -0.344. The summed E-state index contributed by atoms with van der Waals surface area (Å²) in [4.78, 5) is 28.4. The lowest BCUT2D eigenvalue weighted by Gasteiger charge is -2.31. The van der Waals surface area contributed by atoms with Crippen LogP contribution in [0.25, 0.3) is 0 Å². The molecular formula is C12H16BrN3O3S. The Labute approximate surface area is 129 Å². The number of aromatic nitrogens is 1. The number of nitrogens with one attached hydrogen (secondary N) is 1. The number of halogens is 1. The number of hydrogen-bond acceptors (Lipinski definition) is 4. The van der Waals surface area contributed by atoms with Gasteiger partial charge in [0.15, 0.2) is 5.13 Å². The van der Waals surface area contributed by atoms with Crippen molar-refractivity contribution in [3.63, 3.8) is 0 Å². The highest BCUT2D eigenvalue weighted by Crippen LogP contribution is 2.25. The van der Waals surface area contributed by atoms with Gasteiger partial charge in [0.25, 0.3) is 0 Å². The Morgan fingerprint density at radius 2 is 2.20 bits per heavy atom. The summed E-state index contributed by atoms with van der Waals surface area (Å²) in [6.45, 7) is 1.34. The zero-order chi connectivity index (χ0) is 14.5. The van der Waals surface area contributed by atoms with Gasteiger partial charge in [-0.25, -0.2) is 9.78 Å². The van der Waals surface area contributed by atoms with E-state index in [1.807, 2.05) is 0 Å². The fourth-order valence-corrected chi connectivity index (χ4v) is 3.33. The van der Waals surface area contributed by atoms with Crippen LogP contribution in [0.2, 0.25) is 0 Å². The number of nitrogens with zero attached hydrogens (tertiary/aromatic N) is 2. The van der Waals surface area contributed by atoms with Crippen molar-refractivity contribution in [2.75, 3.05) is 18.4 Å². The number of aliphatic carboxylic acids is 1. The smallest absolute Gasteiger partial charge is 0.323 e. The van der Waals surface area contributed by atoms with Gasteiger partial charge in [0, 0.05) is 19.5 Å². The summed E-state index contributed by atoms with van der Waals surface area (Å²) in [7, 11) is 0. The highest BCUT2D eigenvalue weighted by atomic mass is 79.9. The van der Waals surface area contributed by atoms with Crippen LogP contribution >= 0.6 is 27.3 Å². The molecule has 110 valence electrons. The van der Waals surface area contributed by atoms with E-state index in [9.17, 15) is 9.59 Å². The molecule has 2 amide bonds. The van der Waals surface area contributed by atoms with E-state index in [4.69, 9.17) is 5.11 Å². The third-order valence-electron chi connectivity index (χ3n) is 3.36. The SMILES string of the molecule is O=C(O)CCC1CCN(C(=O)Nc2ncc(Br)s2)CC1. The Balaban J connectivity index is 1.75. The number of likely N-dealkylation sites (tertiary alicyclic amines) is 1. The molecule has 8 heteroatoms. The first-order valence-electron chi connectivity index (χ1n) is 6.43. The lowest BCUT2D eigenvalue weighted by molar-refractivity contribution is -0.137. The van der Waals surface area contributed by atoms with Crippen molar-refractivity contribution in [2.45, 2.75) is 25.7 Å². The largest absolute Gasteiger partial charge is 0.481 e. The Bertz CT molecular complexity index is 486. The van der Waals surface area contributed by atoms with Crippen LogP contribution in [0.5, 0.6) is 0 Å². The van der Waals surface area contributed by atoms with Crippen molar-refractivity contribution in [3.05, 3.63) is 9.98 Å². The molecule has 1 aromatic heterocycles. The number of anilines is 1. The molecule has 0 unspecified atom stereocenters. The van der Waals surface area contributed by atoms with Gasteiger partial charge >= 0.3 is 12.0 Å². The average Bonchev–Trinajstić information content (AvgIpc) is 2.82. The molecular weight excluding hydrogens is 346 g/mol. The lowest BCUT2D eigenvalue weighted by atomic mass is 9.92. The molecule has 1 saturated heterocycles. The van der Waals surface area contributed by atoms with Crippen LogP contribution in [0, 0.1) is 5.92 Å². The maximum Gasteiger partial charge on any atom is 0.323 e. The van der Waals surface area contributed by atoms with E-state index in [0.717, 1.165) is 16.6 Å². The highest BCUT2D eigenvalue weighted by molar-refractivity contribution is 9.11. The quantitative estimate of drug-likeness (QED) is 0.863. The molecule has 2 rings (SSSR count). The number of amides is 2. The van der Waals surface area contributed by atoms with Gasteiger partial charge in [-0.15, -0.1) is 0 Å². The second-order valence-corrected chi connectivity index (χ2v) is 7.17. The van der Waals surface area contributed by atoms with Crippen molar-refractivity contribution in [1.82, 2.24) is 9.88 Å². The van der Waals surface area contributed by atoms with Gasteiger partial charge in [-0.1, -0.05) is 11.3 Å². The van der Waals surface area contributed by atoms with Crippen molar-refractivity contribution in [3.8, 4) is 0 Å². The van der Waals surface area contributed by atoms with Crippen LogP contribution in [0.3, 0.4) is 0 Å². The van der Waals surface area contributed by atoms with Gasteiger partial charge in [0.1, 0.15) is 0 Å². The van der Waals surface area contributed by atoms with Crippen molar-refractivity contribution < 1.29 is 14.7 Å². The van der Waals surface area contributed by atoms with Crippen LogP contribution in [-0.4, -0.2) is 40.1 Å². The zero-order valence-corrected chi connectivity index (χ0v) is 13.2. The van der Waals surface area contributed by atoms with E-state index in [1.54, 1.807) is 11.1 Å². The third kappa shape index (κ3) is 4.45. The van der Waals surface area contributed by atoms with Gasteiger partial charge in [-0.2, -0.15) is 0 Å². The van der Waals surface area contributed by atoms with Crippen LogP contribution in [0.4, 0.5) is 9.93 Å². The number of thiazole rings is 1. The first-order valence-corrected chi connectivity index (χ1v) is 8.04. The highest BCUT2D eigenvalue weighted by Gasteiger charge is 2.23. The van der Waals surface area contributed by atoms with Crippen molar-refractivity contribution in [1.29, 1.82) is 0 Å². The molecule has 0 saturated carbocycles. The van der Waals surface area contributed by atoms with Gasteiger partial charge in [-0.05, 0) is 41.1 Å². The summed E-state index contributed by atoms with van der Waals surface area (Å²) in [6, 6.07) is -0.136. The van der Waals surface area contributed by atoms with Crippen LogP contribution in [-0.2, 0) is 4.79 Å². The number of carboxylic acids is 1. The molecule has 2 heterocycles. The molecule has 1 aromatic rings. The maximum atomic E-state index is 12.0. The monoisotopic (exact) mass is 361 g/mol. The lowest BCUT2D eigenvalue weighted by Crippen LogP contribution is -2.41. The molecule has 0 radical (unpaired) electrons. The molecule has 0 spiro atoms. The van der Waals surface area contributed by atoms with Gasteiger partial charge in [0.2, 0.25) is 0 Å². The zero-order valence-electron chi connectivity index (χ0n) is 10.8. The second kappa shape index (κ2) is 7.03. The molecule has 0 aromatic carbocycles. The third-order valence-corrected chi connectivity index (χ3v) is 4.75. The Hall–Kier alpha value is -1.15. The van der Waals surface area contributed by atoms with E-state index in [0.29, 0.717) is 30.6 Å². The average molecular weight is 362 g/mol. The summed E-state index contributed by atoms with van der Waals surface area (Å²) >= 11 is 4.67. The van der Waals surface area contributed by atoms with Crippen LogP contribution in [0.15, 0.2) is 9.98 Å². The Morgan fingerprint density at radius 1 is 1.50 bits per heavy atom. The summed E-state index contributed by atoms with van der Waals surface area (Å²) in [5.41, 5.74) is 0. The molecule has 6 nitrogen and oxygen atoms in total. The van der Waals surface area contributed by atoms with Crippen molar-refractivity contribution >= 4 is 44.4 Å². The number of carbonyl (C=O) groups is 2. The fraction of sp³-hybridized carbons (Fsp3) is 0.583. The minimum absolute atomic E-state index is 0.136. The number of carbonyl (C=O) groups excluding carboxylic acids is 1. The van der Waals surface area contributed by atoms with Gasteiger partial charge in [0.05, 0.1) is 9.98 Å². The van der Waals surface area contributed by atoms with Crippen molar-refractivity contribution in [2.24, 2.45) is 5.92 Å². The Kier molecular flexibility index (Phi) is 5.36. The minimum Gasteiger partial charge on any atom is -0.481 e. The topological polar surface area (TPSA) is 82.5 Å². The fourth-order valence-electron chi connectivity index (χ4n) is 2.24. The van der Waals surface area contributed by atoms with Gasteiger partial charge in [-0.3, -0.25) is 10.1 Å². The maximum absolute atomic E-state index is 12.0. The first-order chi connectivity index (χ1) is 9.54. The summed E-state index contributed by atoms with van der Waals surface area (Å²) < 4.78 is 0.875. The summed E-state index contributed by atoms with van der Waals surface area (Å²) in [5, 5.41) is 12.0. The number of urea groups is 1. The summed E-state index contributed by atoms with van der Waals surface area (Å²) in [6.07, 6.45) is 4.29. The van der Waals surface area contributed by atoms with E-state index >= 15 is 0 Å².